The molecule has 5 heteroatoms. The number of benzene rings is 1. The van der Waals surface area contributed by atoms with Crippen LogP contribution in [0.2, 0.25) is 0 Å². The fraction of sp³-hybridized carbons (Fsp3) is 0.385. The average molecular weight is 296 g/mol. The number of thioether (sulfide) groups is 2. The van der Waals surface area contributed by atoms with Crippen molar-refractivity contribution in [1.29, 1.82) is 0 Å². The molecule has 1 heterocycles. The first kappa shape index (κ1) is 13.9. The lowest BCUT2D eigenvalue weighted by molar-refractivity contribution is 0.954. The lowest BCUT2D eigenvalue weighted by Crippen LogP contribution is -1.87. The Hall–Kier alpha value is -0.520. The quantitative estimate of drug-likeness (QED) is 0.755. The maximum atomic E-state index is 4.21. The molecule has 2 rings (SSSR count). The molecule has 0 fully saturated rings. The molecule has 0 aliphatic carbocycles. The van der Waals surface area contributed by atoms with Crippen molar-refractivity contribution in [2.75, 3.05) is 5.75 Å². The third-order valence-electron chi connectivity index (χ3n) is 2.51. The van der Waals surface area contributed by atoms with Crippen LogP contribution in [0.4, 0.5) is 0 Å². The predicted molar refractivity (Wildman–Crippen MR) is 81.8 cm³/mol. The van der Waals surface area contributed by atoms with Crippen molar-refractivity contribution in [2.24, 2.45) is 0 Å². The number of aryl methyl sites for hydroxylation is 2. The van der Waals surface area contributed by atoms with Crippen molar-refractivity contribution < 1.29 is 0 Å². The van der Waals surface area contributed by atoms with Crippen LogP contribution in [0.1, 0.15) is 23.6 Å². The Labute approximate surface area is 121 Å². The summed E-state index contributed by atoms with van der Waals surface area (Å²) in [5.74, 6) is 2.02. The molecule has 0 saturated carbocycles. The normalized spacial score (nSPS) is 10.8. The lowest BCUT2D eigenvalue weighted by atomic mass is 10.1. The topological polar surface area (TPSA) is 25.8 Å². The summed E-state index contributed by atoms with van der Waals surface area (Å²) in [5.41, 5.74) is 4.05. The van der Waals surface area contributed by atoms with Crippen LogP contribution in [-0.2, 0) is 5.75 Å². The van der Waals surface area contributed by atoms with Crippen LogP contribution in [-0.4, -0.2) is 16.0 Å². The Morgan fingerprint density at radius 2 is 1.83 bits per heavy atom. The molecular weight excluding hydrogens is 280 g/mol. The highest BCUT2D eigenvalue weighted by molar-refractivity contribution is 8.02. The Morgan fingerprint density at radius 1 is 1.11 bits per heavy atom. The summed E-state index contributed by atoms with van der Waals surface area (Å²) in [5, 5.41) is 8.38. The summed E-state index contributed by atoms with van der Waals surface area (Å²) in [6.45, 7) is 6.43. The standard InChI is InChI=1S/C13H16N2S3/c1-4-16-12-14-15-13(18-12)17-8-11-7-9(2)5-6-10(11)3/h5-7H,4,8H2,1-3H3. The fourth-order valence-corrected chi connectivity index (χ4v) is 4.51. The van der Waals surface area contributed by atoms with E-state index in [1.807, 2.05) is 0 Å². The van der Waals surface area contributed by atoms with E-state index in [9.17, 15) is 0 Å². The van der Waals surface area contributed by atoms with Crippen molar-refractivity contribution in [1.82, 2.24) is 10.2 Å². The second kappa shape index (κ2) is 6.59. The zero-order valence-corrected chi connectivity index (χ0v) is 13.2. The molecule has 18 heavy (non-hydrogen) atoms. The van der Waals surface area contributed by atoms with Crippen LogP contribution in [0, 0.1) is 13.8 Å². The van der Waals surface area contributed by atoms with Gasteiger partial charge in [0.15, 0.2) is 8.68 Å². The van der Waals surface area contributed by atoms with Gasteiger partial charge in [-0.1, -0.05) is 65.5 Å². The van der Waals surface area contributed by atoms with Crippen molar-refractivity contribution in [3.05, 3.63) is 34.9 Å². The first-order chi connectivity index (χ1) is 8.69. The summed E-state index contributed by atoms with van der Waals surface area (Å²) >= 11 is 5.22. The molecular formula is C13H16N2S3. The highest BCUT2D eigenvalue weighted by Crippen LogP contribution is 2.31. The van der Waals surface area contributed by atoms with Gasteiger partial charge in [-0.25, -0.2) is 0 Å². The molecule has 0 atom stereocenters. The number of hydrogen-bond donors (Lipinski definition) is 0. The molecule has 1 aromatic carbocycles. The van der Waals surface area contributed by atoms with Gasteiger partial charge in [-0.15, -0.1) is 10.2 Å². The summed E-state index contributed by atoms with van der Waals surface area (Å²) in [6.07, 6.45) is 0. The molecule has 0 aliphatic rings. The van der Waals surface area contributed by atoms with Crippen molar-refractivity contribution in [2.45, 2.75) is 35.2 Å². The third kappa shape index (κ3) is 3.73. The van der Waals surface area contributed by atoms with Gasteiger partial charge in [0.05, 0.1) is 0 Å². The summed E-state index contributed by atoms with van der Waals surface area (Å²) in [4.78, 5) is 0. The van der Waals surface area contributed by atoms with Crippen molar-refractivity contribution in [3.63, 3.8) is 0 Å². The Kier molecular flexibility index (Phi) is 5.09. The van der Waals surface area contributed by atoms with E-state index in [1.54, 1.807) is 34.9 Å². The SMILES string of the molecule is CCSc1nnc(SCc2cc(C)ccc2C)s1. The molecule has 0 bridgehead atoms. The molecule has 0 radical (unpaired) electrons. The lowest BCUT2D eigenvalue weighted by Gasteiger charge is -2.05. The maximum Gasteiger partial charge on any atom is 0.175 e. The van der Waals surface area contributed by atoms with Gasteiger partial charge in [-0.05, 0) is 30.7 Å². The molecule has 0 saturated heterocycles. The van der Waals surface area contributed by atoms with E-state index in [0.717, 1.165) is 20.2 Å². The smallest absolute Gasteiger partial charge is 0.131 e. The highest BCUT2D eigenvalue weighted by Gasteiger charge is 2.06. The van der Waals surface area contributed by atoms with Gasteiger partial charge >= 0.3 is 0 Å². The molecule has 2 nitrogen and oxygen atoms in total. The number of hydrogen-bond acceptors (Lipinski definition) is 5. The second-order valence-corrected chi connectivity index (χ2v) is 7.70. The summed E-state index contributed by atoms with van der Waals surface area (Å²) in [6, 6.07) is 6.60. The van der Waals surface area contributed by atoms with E-state index in [2.05, 4.69) is 49.2 Å². The molecule has 0 spiro atoms. The summed E-state index contributed by atoms with van der Waals surface area (Å²) in [7, 11) is 0. The Morgan fingerprint density at radius 3 is 2.56 bits per heavy atom. The molecule has 0 aliphatic heterocycles. The molecule has 0 amide bonds. The van der Waals surface area contributed by atoms with Crippen LogP contribution in [0.3, 0.4) is 0 Å². The molecule has 0 unspecified atom stereocenters. The highest BCUT2D eigenvalue weighted by atomic mass is 32.2. The average Bonchev–Trinajstić information content (AvgIpc) is 2.79. The molecule has 0 N–H and O–H groups in total. The largest absolute Gasteiger partial charge is 0.175 e. The fourth-order valence-electron chi connectivity index (χ4n) is 1.53. The third-order valence-corrected chi connectivity index (χ3v) is 5.63. The van der Waals surface area contributed by atoms with Gasteiger partial charge in [0.25, 0.3) is 0 Å². The zero-order chi connectivity index (χ0) is 13.0. The minimum absolute atomic E-state index is 0.971. The molecule has 1 aromatic heterocycles. The van der Waals surface area contributed by atoms with Gasteiger partial charge in [-0.2, -0.15) is 0 Å². The number of nitrogens with zero attached hydrogens (tertiary/aromatic N) is 2. The minimum Gasteiger partial charge on any atom is -0.131 e. The van der Waals surface area contributed by atoms with Gasteiger partial charge in [0, 0.05) is 5.75 Å². The van der Waals surface area contributed by atoms with Crippen LogP contribution >= 0.6 is 34.9 Å². The van der Waals surface area contributed by atoms with E-state index in [-0.39, 0.29) is 0 Å². The second-order valence-electron chi connectivity index (χ2n) is 3.99. The first-order valence-electron chi connectivity index (χ1n) is 5.84. The van der Waals surface area contributed by atoms with E-state index in [4.69, 9.17) is 0 Å². The van der Waals surface area contributed by atoms with Gasteiger partial charge in [-0.3, -0.25) is 0 Å². The predicted octanol–water partition coefficient (Wildman–Crippen LogP) is 4.56. The van der Waals surface area contributed by atoms with E-state index in [0.29, 0.717) is 0 Å². The minimum atomic E-state index is 0.971. The number of aromatic nitrogens is 2. The monoisotopic (exact) mass is 296 g/mol. The number of rotatable bonds is 5. The van der Waals surface area contributed by atoms with Crippen molar-refractivity contribution in [3.8, 4) is 0 Å². The van der Waals surface area contributed by atoms with E-state index < -0.39 is 0 Å². The van der Waals surface area contributed by atoms with Gasteiger partial charge in [0.2, 0.25) is 0 Å². The van der Waals surface area contributed by atoms with Gasteiger partial charge in [0.1, 0.15) is 0 Å². The Balaban J connectivity index is 1.99. The van der Waals surface area contributed by atoms with Gasteiger partial charge < -0.3 is 0 Å². The first-order valence-corrected chi connectivity index (χ1v) is 8.63. The van der Waals surface area contributed by atoms with Crippen LogP contribution in [0.25, 0.3) is 0 Å². The van der Waals surface area contributed by atoms with Crippen molar-refractivity contribution >= 4 is 34.9 Å². The maximum absolute atomic E-state index is 4.21. The zero-order valence-electron chi connectivity index (χ0n) is 10.8. The van der Waals surface area contributed by atoms with E-state index in [1.165, 1.54) is 16.7 Å². The Bertz CT molecular complexity index is 523. The summed E-state index contributed by atoms with van der Waals surface area (Å²) < 4.78 is 2.13. The van der Waals surface area contributed by atoms with Crippen LogP contribution in [0.15, 0.2) is 26.9 Å². The van der Waals surface area contributed by atoms with Crippen LogP contribution < -0.4 is 0 Å². The molecule has 2 aromatic rings. The molecule has 96 valence electrons. The van der Waals surface area contributed by atoms with E-state index >= 15 is 0 Å². The van der Waals surface area contributed by atoms with Crippen LogP contribution in [0.5, 0.6) is 0 Å².